The Morgan fingerprint density at radius 3 is 2.78 bits per heavy atom. The van der Waals surface area contributed by atoms with Crippen molar-refractivity contribution in [1.29, 1.82) is 0 Å². The third-order valence-corrected chi connectivity index (χ3v) is 4.85. The molecule has 2 aromatic rings. The molecular formula is C17H17FINO2S. The van der Waals surface area contributed by atoms with Crippen molar-refractivity contribution in [3.05, 3.63) is 56.9 Å². The molecule has 23 heavy (non-hydrogen) atoms. The number of aryl methyl sites for hydroxylation is 1. The molecular weight excluding hydrogens is 428 g/mol. The number of thioether (sulfide) groups is 1. The van der Waals surface area contributed by atoms with Crippen molar-refractivity contribution >= 4 is 45.9 Å². The van der Waals surface area contributed by atoms with E-state index in [-0.39, 0.29) is 11.7 Å². The number of methoxy groups -OCH3 is 1. The molecule has 0 aromatic heterocycles. The summed E-state index contributed by atoms with van der Waals surface area (Å²) in [5, 5.41) is 2.90. The number of hydrogen-bond acceptors (Lipinski definition) is 3. The van der Waals surface area contributed by atoms with Gasteiger partial charge in [-0.3, -0.25) is 4.79 Å². The van der Waals surface area contributed by atoms with Crippen LogP contribution in [-0.2, 0) is 10.5 Å². The second-order valence-corrected chi connectivity index (χ2v) is 7.19. The van der Waals surface area contributed by atoms with Crippen LogP contribution >= 0.6 is 34.4 Å². The number of carbonyl (C=O) groups excluding carboxylic acids is 1. The van der Waals surface area contributed by atoms with Crippen LogP contribution in [0, 0.1) is 16.3 Å². The Morgan fingerprint density at radius 2 is 2.09 bits per heavy atom. The van der Waals surface area contributed by atoms with Crippen LogP contribution in [0.1, 0.15) is 11.1 Å². The van der Waals surface area contributed by atoms with Crippen LogP contribution in [0.15, 0.2) is 36.4 Å². The van der Waals surface area contributed by atoms with Crippen molar-refractivity contribution in [2.75, 3.05) is 18.2 Å². The zero-order valence-corrected chi connectivity index (χ0v) is 15.8. The maximum absolute atomic E-state index is 13.3. The molecule has 1 N–H and O–H groups in total. The van der Waals surface area contributed by atoms with Gasteiger partial charge in [-0.05, 0) is 71.5 Å². The summed E-state index contributed by atoms with van der Waals surface area (Å²) in [4.78, 5) is 12.0. The Labute approximate surface area is 153 Å². The molecule has 0 spiro atoms. The molecule has 1 amide bonds. The summed E-state index contributed by atoms with van der Waals surface area (Å²) in [5.41, 5.74) is 2.59. The van der Waals surface area contributed by atoms with Gasteiger partial charge in [0.15, 0.2) is 0 Å². The van der Waals surface area contributed by atoms with E-state index in [0.717, 1.165) is 20.4 Å². The van der Waals surface area contributed by atoms with E-state index in [1.54, 1.807) is 13.2 Å². The summed E-state index contributed by atoms with van der Waals surface area (Å²) in [5.74, 6) is 1.06. The first-order valence-electron chi connectivity index (χ1n) is 6.95. The molecule has 2 aromatic carbocycles. The molecule has 0 fully saturated rings. The number of benzene rings is 2. The summed E-state index contributed by atoms with van der Waals surface area (Å²) < 4.78 is 19.6. The third-order valence-electron chi connectivity index (χ3n) is 3.20. The van der Waals surface area contributed by atoms with Gasteiger partial charge in [0.05, 0.1) is 12.9 Å². The minimum atomic E-state index is -0.305. The summed E-state index contributed by atoms with van der Waals surface area (Å²) in [7, 11) is 1.55. The van der Waals surface area contributed by atoms with Gasteiger partial charge in [0.2, 0.25) is 5.91 Å². The molecule has 2 rings (SSSR count). The first-order chi connectivity index (χ1) is 11.0. The largest absolute Gasteiger partial charge is 0.496 e. The van der Waals surface area contributed by atoms with Crippen LogP contribution in [0.3, 0.4) is 0 Å². The molecule has 0 aliphatic heterocycles. The second kappa shape index (κ2) is 8.54. The monoisotopic (exact) mass is 445 g/mol. The Kier molecular flexibility index (Phi) is 6.71. The van der Waals surface area contributed by atoms with E-state index in [1.807, 2.05) is 25.1 Å². The van der Waals surface area contributed by atoms with Crippen LogP contribution in [0.25, 0.3) is 0 Å². The summed E-state index contributed by atoms with van der Waals surface area (Å²) in [6, 6.07) is 10.3. The van der Waals surface area contributed by atoms with Gasteiger partial charge in [-0.2, -0.15) is 0 Å². The van der Waals surface area contributed by atoms with E-state index in [2.05, 4.69) is 27.9 Å². The number of rotatable bonds is 6. The van der Waals surface area contributed by atoms with Gasteiger partial charge in [-0.1, -0.05) is 0 Å². The van der Waals surface area contributed by atoms with Crippen LogP contribution in [0.5, 0.6) is 5.75 Å². The predicted molar refractivity (Wildman–Crippen MR) is 102 cm³/mol. The van der Waals surface area contributed by atoms with Gasteiger partial charge < -0.3 is 10.1 Å². The minimum Gasteiger partial charge on any atom is -0.496 e. The summed E-state index contributed by atoms with van der Waals surface area (Å²) in [6.45, 7) is 1.96. The molecule has 0 saturated carbocycles. The van der Waals surface area contributed by atoms with Crippen LogP contribution in [0.2, 0.25) is 0 Å². The highest BCUT2D eigenvalue weighted by Crippen LogP contribution is 2.24. The van der Waals surface area contributed by atoms with Crippen molar-refractivity contribution < 1.29 is 13.9 Å². The molecule has 3 nitrogen and oxygen atoms in total. The van der Waals surface area contributed by atoms with Crippen molar-refractivity contribution in [3.8, 4) is 5.75 Å². The van der Waals surface area contributed by atoms with E-state index < -0.39 is 0 Å². The molecule has 0 atom stereocenters. The maximum atomic E-state index is 13.3. The highest BCUT2D eigenvalue weighted by atomic mass is 127. The van der Waals surface area contributed by atoms with E-state index in [0.29, 0.717) is 17.3 Å². The average molecular weight is 445 g/mol. The Bertz CT molecular complexity index is 709. The predicted octanol–water partition coefficient (Wildman–Crippen LogP) is 4.62. The molecule has 0 heterocycles. The number of halogens is 2. The van der Waals surface area contributed by atoms with Crippen LogP contribution < -0.4 is 10.1 Å². The fourth-order valence-electron chi connectivity index (χ4n) is 2.07. The Hall–Kier alpha value is -1.28. The highest BCUT2D eigenvalue weighted by molar-refractivity contribution is 14.1. The van der Waals surface area contributed by atoms with Gasteiger partial charge in [0.25, 0.3) is 0 Å². The van der Waals surface area contributed by atoms with E-state index in [4.69, 9.17) is 4.74 Å². The zero-order valence-electron chi connectivity index (χ0n) is 12.9. The van der Waals surface area contributed by atoms with Crippen molar-refractivity contribution in [1.82, 2.24) is 0 Å². The van der Waals surface area contributed by atoms with Gasteiger partial charge in [-0.25, -0.2) is 4.39 Å². The third kappa shape index (κ3) is 5.39. The highest BCUT2D eigenvalue weighted by Gasteiger charge is 2.08. The summed E-state index contributed by atoms with van der Waals surface area (Å²) in [6.07, 6.45) is 0. The Balaban J connectivity index is 1.89. The number of anilines is 1. The molecule has 0 aliphatic rings. The van der Waals surface area contributed by atoms with Crippen LogP contribution in [0.4, 0.5) is 10.1 Å². The number of carbonyl (C=O) groups is 1. The molecule has 0 bridgehead atoms. The van der Waals surface area contributed by atoms with E-state index in [9.17, 15) is 9.18 Å². The average Bonchev–Trinajstić information content (AvgIpc) is 2.50. The minimum absolute atomic E-state index is 0.0744. The lowest BCUT2D eigenvalue weighted by Gasteiger charge is -2.10. The number of hydrogen-bond donors (Lipinski definition) is 1. The normalized spacial score (nSPS) is 10.4. The zero-order chi connectivity index (χ0) is 16.8. The second-order valence-electron chi connectivity index (χ2n) is 4.96. The number of amides is 1. The van der Waals surface area contributed by atoms with Crippen molar-refractivity contribution in [3.63, 3.8) is 0 Å². The van der Waals surface area contributed by atoms with Gasteiger partial charge in [-0.15, -0.1) is 11.8 Å². The lowest BCUT2D eigenvalue weighted by atomic mass is 10.2. The topological polar surface area (TPSA) is 38.3 Å². The molecule has 0 radical (unpaired) electrons. The smallest absolute Gasteiger partial charge is 0.234 e. The first kappa shape index (κ1) is 18.1. The quantitative estimate of drug-likeness (QED) is 0.660. The maximum Gasteiger partial charge on any atom is 0.234 e. The van der Waals surface area contributed by atoms with E-state index in [1.165, 1.54) is 23.9 Å². The number of ether oxygens (including phenoxy) is 1. The fourth-order valence-corrected chi connectivity index (χ4v) is 3.52. The van der Waals surface area contributed by atoms with E-state index >= 15 is 0 Å². The lowest BCUT2D eigenvalue weighted by Crippen LogP contribution is -2.15. The lowest BCUT2D eigenvalue weighted by molar-refractivity contribution is -0.113. The Morgan fingerprint density at radius 1 is 1.30 bits per heavy atom. The summed E-state index contributed by atoms with van der Waals surface area (Å²) >= 11 is 3.66. The standard InChI is InChI=1S/C17H17FINO2S/c1-11-7-14(19)4-5-15(11)20-17(21)10-23-9-12-8-13(18)3-6-16(12)22-2/h3-8H,9-10H2,1-2H3,(H,20,21). The van der Waals surface area contributed by atoms with Crippen molar-refractivity contribution in [2.24, 2.45) is 0 Å². The molecule has 0 unspecified atom stereocenters. The molecule has 0 aliphatic carbocycles. The number of nitrogens with one attached hydrogen (secondary N) is 1. The molecule has 0 saturated heterocycles. The van der Waals surface area contributed by atoms with Gasteiger partial charge >= 0.3 is 0 Å². The molecule has 122 valence electrons. The van der Waals surface area contributed by atoms with Crippen LogP contribution in [-0.4, -0.2) is 18.8 Å². The van der Waals surface area contributed by atoms with Gasteiger partial charge in [0, 0.05) is 20.6 Å². The van der Waals surface area contributed by atoms with Gasteiger partial charge in [0.1, 0.15) is 11.6 Å². The first-order valence-corrected chi connectivity index (χ1v) is 9.19. The SMILES string of the molecule is COc1ccc(F)cc1CSCC(=O)Nc1ccc(I)cc1C. The van der Waals surface area contributed by atoms with Crippen molar-refractivity contribution in [2.45, 2.75) is 12.7 Å². The molecule has 6 heteroatoms. The fraction of sp³-hybridized carbons (Fsp3) is 0.235.